The molecule has 0 unspecified atom stereocenters. The predicted molar refractivity (Wildman–Crippen MR) is 24.0 cm³/mol. The van der Waals surface area contributed by atoms with E-state index in [1.165, 1.54) is 0 Å². The first-order valence-electron chi connectivity index (χ1n) is 1.75. The molecule has 38 valence electrons. The molecule has 0 aliphatic rings. The molecule has 0 radical (unpaired) electrons. The van der Waals surface area contributed by atoms with Crippen LogP contribution in [0.1, 0.15) is 7.85 Å². The van der Waals surface area contributed by atoms with Crippen molar-refractivity contribution in [1.29, 1.82) is 0 Å². The Morgan fingerprint density at radius 3 is 2.14 bits per heavy atom. The van der Waals surface area contributed by atoms with Crippen LogP contribution < -0.4 is 30.3 Å². The van der Waals surface area contributed by atoms with Crippen molar-refractivity contribution in [1.82, 2.24) is 0 Å². The van der Waals surface area contributed by atoms with E-state index in [0.717, 1.165) is 0 Å². The van der Waals surface area contributed by atoms with Gasteiger partial charge in [-0.3, -0.25) is 4.79 Å². The number of hydrogen-bond donors (Lipinski definition) is 2. The fraction of sp³-hybridized carbons (Fsp3) is 0.667. The van der Waals surface area contributed by atoms with Crippen LogP contribution in [-0.4, -0.2) is 12.5 Å². The molecule has 3 nitrogen and oxygen atoms in total. The van der Waals surface area contributed by atoms with Crippen LogP contribution in [-0.2, 0) is 4.79 Å². The molecule has 0 aromatic heterocycles. The zero-order valence-electron chi connectivity index (χ0n) is 5.48. The molecule has 0 bridgehead atoms. The smallest absolute Gasteiger partial charge is 1.00 e. The molecule has 0 atom stereocenters. The minimum Gasteiger partial charge on any atom is -1.00 e. The second-order valence-corrected chi connectivity index (χ2v) is 1.00. The quantitative estimate of drug-likeness (QED) is 0.343. The zero-order valence-corrected chi connectivity index (χ0v) is 4.48. The van der Waals surface area contributed by atoms with Crippen molar-refractivity contribution in [2.75, 3.05) is 6.54 Å². The summed E-state index contributed by atoms with van der Waals surface area (Å²) in [7, 11) is 0. The molecule has 0 fully saturated rings. The van der Waals surface area contributed by atoms with Gasteiger partial charge in [-0.15, -0.1) is 0 Å². The van der Waals surface area contributed by atoms with Gasteiger partial charge in [0.05, 0.1) is 0 Å². The van der Waals surface area contributed by atoms with E-state index in [-0.39, 0.29) is 26.2 Å². The third-order valence-corrected chi connectivity index (χ3v) is 0.391. The standard InChI is InChI=1S/C3H8N2O.Li.H/c4-2-1-3(5)6;;/h1-2,4H2,(H2,5,6);;/q;+1;-1. The van der Waals surface area contributed by atoms with Crippen molar-refractivity contribution in [3.05, 3.63) is 0 Å². The SMILES string of the molecule is NCCC(N)=O.[H-].[Li+]. The Morgan fingerprint density at radius 2 is 2.14 bits per heavy atom. The monoisotopic (exact) mass is 96.1 g/mol. The number of carbonyl (C=O) groups is 1. The topological polar surface area (TPSA) is 69.1 Å². The van der Waals surface area contributed by atoms with Crippen LogP contribution in [0, 0.1) is 0 Å². The van der Waals surface area contributed by atoms with E-state index in [1.807, 2.05) is 0 Å². The summed E-state index contributed by atoms with van der Waals surface area (Å²) in [5.74, 6) is -0.336. The van der Waals surface area contributed by atoms with Gasteiger partial charge in [0.25, 0.3) is 0 Å². The summed E-state index contributed by atoms with van der Waals surface area (Å²) in [6.45, 7) is 0.356. The van der Waals surface area contributed by atoms with Gasteiger partial charge < -0.3 is 12.9 Å². The Hall–Kier alpha value is 0.0274. The Balaban J connectivity index is -0.000000125. The molecular weight excluding hydrogens is 87.0 g/mol. The molecule has 0 heterocycles. The molecule has 4 N–H and O–H groups in total. The number of primary amides is 1. The predicted octanol–water partition coefficient (Wildman–Crippen LogP) is -4.06. The fourth-order valence-corrected chi connectivity index (χ4v) is 0.142. The van der Waals surface area contributed by atoms with E-state index < -0.39 is 0 Å². The van der Waals surface area contributed by atoms with E-state index in [0.29, 0.717) is 13.0 Å². The summed E-state index contributed by atoms with van der Waals surface area (Å²) in [6.07, 6.45) is 0.292. The Labute approximate surface area is 56.1 Å². The zero-order chi connectivity index (χ0) is 4.99. The largest absolute Gasteiger partial charge is 1.00 e. The van der Waals surface area contributed by atoms with Gasteiger partial charge in [0.2, 0.25) is 5.91 Å². The van der Waals surface area contributed by atoms with E-state index in [2.05, 4.69) is 5.73 Å². The van der Waals surface area contributed by atoms with E-state index in [4.69, 9.17) is 5.73 Å². The molecule has 4 heteroatoms. The molecular formula is C3H9LiN2O. The minimum absolute atomic E-state index is 0. The van der Waals surface area contributed by atoms with Crippen molar-refractivity contribution >= 4 is 5.91 Å². The van der Waals surface area contributed by atoms with Gasteiger partial charge in [0, 0.05) is 13.0 Å². The van der Waals surface area contributed by atoms with Crippen LogP contribution in [0.25, 0.3) is 0 Å². The molecule has 0 aliphatic carbocycles. The third-order valence-electron chi connectivity index (χ3n) is 0.391. The molecule has 0 saturated heterocycles. The maximum atomic E-state index is 9.74. The maximum absolute atomic E-state index is 9.74. The second-order valence-electron chi connectivity index (χ2n) is 1.00. The Kier molecular flexibility index (Phi) is 8.70. The molecule has 0 aromatic carbocycles. The van der Waals surface area contributed by atoms with Crippen molar-refractivity contribution in [2.24, 2.45) is 11.5 Å². The summed E-state index contributed by atoms with van der Waals surface area (Å²) in [5, 5.41) is 0. The number of nitrogens with two attached hydrogens (primary N) is 2. The van der Waals surface area contributed by atoms with Crippen molar-refractivity contribution in [2.45, 2.75) is 6.42 Å². The Bertz CT molecular complexity index is 61.2. The first kappa shape index (κ1) is 10.1. The number of amides is 1. The van der Waals surface area contributed by atoms with Crippen molar-refractivity contribution in [3.8, 4) is 0 Å². The number of carbonyl (C=O) groups excluding carboxylic acids is 1. The van der Waals surface area contributed by atoms with E-state index in [1.54, 1.807) is 0 Å². The molecule has 0 rings (SSSR count). The first-order chi connectivity index (χ1) is 2.77. The minimum atomic E-state index is -0.336. The van der Waals surface area contributed by atoms with Gasteiger partial charge in [-0.1, -0.05) is 0 Å². The van der Waals surface area contributed by atoms with Gasteiger partial charge in [-0.25, -0.2) is 0 Å². The van der Waals surface area contributed by atoms with Gasteiger partial charge in [0.1, 0.15) is 0 Å². The van der Waals surface area contributed by atoms with Crippen LogP contribution in [0.3, 0.4) is 0 Å². The molecule has 0 saturated carbocycles. The van der Waals surface area contributed by atoms with Crippen LogP contribution in [0.15, 0.2) is 0 Å². The van der Waals surface area contributed by atoms with E-state index >= 15 is 0 Å². The average Bonchev–Trinajstić information content (AvgIpc) is 1.35. The van der Waals surface area contributed by atoms with Crippen LogP contribution >= 0.6 is 0 Å². The molecule has 0 aromatic rings. The normalized spacial score (nSPS) is 7.00. The van der Waals surface area contributed by atoms with E-state index in [9.17, 15) is 4.79 Å². The number of rotatable bonds is 2. The first-order valence-corrected chi connectivity index (χ1v) is 1.75. The van der Waals surface area contributed by atoms with Gasteiger partial charge in [-0.05, 0) is 0 Å². The van der Waals surface area contributed by atoms with Gasteiger partial charge in [0.15, 0.2) is 0 Å². The number of hydrogen-bond acceptors (Lipinski definition) is 2. The van der Waals surface area contributed by atoms with Crippen molar-refractivity contribution < 1.29 is 25.1 Å². The summed E-state index contributed by atoms with van der Waals surface area (Å²) >= 11 is 0. The maximum Gasteiger partial charge on any atom is 1.00 e. The van der Waals surface area contributed by atoms with Crippen LogP contribution in [0.5, 0.6) is 0 Å². The average molecular weight is 96.1 g/mol. The molecule has 1 amide bonds. The van der Waals surface area contributed by atoms with Crippen LogP contribution in [0.2, 0.25) is 0 Å². The van der Waals surface area contributed by atoms with Gasteiger partial charge >= 0.3 is 18.9 Å². The molecule has 7 heavy (non-hydrogen) atoms. The second kappa shape index (κ2) is 6.03. The molecule has 0 aliphatic heterocycles. The third kappa shape index (κ3) is 10.7. The fourth-order valence-electron chi connectivity index (χ4n) is 0.142. The summed E-state index contributed by atoms with van der Waals surface area (Å²) < 4.78 is 0. The van der Waals surface area contributed by atoms with Crippen molar-refractivity contribution in [3.63, 3.8) is 0 Å². The summed E-state index contributed by atoms with van der Waals surface area (Å²) in [4.78, 5) is 9.74. The van der Waals surface area contributed by atoms with Gasteiger partial charge in [-0.2, -0.15) is 0 Å². The summed E-state index contributed by atoms with van der Waals surface area (Å²) in [6, 6.07) is 0. The summed E-state index contributed by atoms with van der Waals surface area (Å²) in [5.41, 5.74) is 9.61. The van der Waals surface area contributed by atoms with Crippen LogP contribution in [0.4, 0.5) is 0 Å². The Morgan fingerprint density at radius 1 is 1.71 bits per heavy atom. The molecule has 0 spiro atoms.